The molecule has 2 N–H and O–H groups in total. The first-order valence-corrected chi connectivity index (χ1v) is 11.0. The molecule has 166 valence electrons. The number of carbonyl (C=O) groups excluding carboxylic acids is 3. The monoisotopic (exact) mass is 453 g/mol. The maximum Gasteiger partial charge on any atom is 0.279 e. The quantitative estimate of drug-likeness (QED) is 0.628. The lowest BCUT2D eigenvalue weighted by Gasteiger charge is -2.29. The lowest BCUT2D eigenvalue weighted by molar-refractivity contribution is -0.140. The molecule has 0 spiro atoms. The van der Waals surface area contributed by atoms with Gasteiger partial charge in [-0.05, 0) is 61.4 Å². The molecule has 32 heavy (non-hydrogen) atoms. The summed E-state index contributed by atoms with van der Waals surface area (Å²) in [6.45, 7) is 0. The van der Waals surface area contributed by atoms with Crippen molar-refractivity contribution >= 4 is 40.7 Å². The predicted molar refractivity (Wildman–Crippen MR) is 123 cm³/mol. The van der Waals surface area contributed by atoms with E-state index in [1.54, 1.807) is 55.6 Å². The van der Waals surface area contributed by atoms with Crippen molar-refractivity contribution in [1.82, 2.24) is 4.90 Å². The molecule has 0 radical (unpaired) electrons. The molecular formula is C24H24ClN3O4. The van der Waals surface area contributed by atoms with E-state index in [-0.39, 0.29) is 22.7 Å². The van der Waals surface area contributed by atoms with E-state index < -0.39 is 11.8 Å². The molecule has 3 amide bonds. The molecule has 2 aliphatic rings. The highest BCUT2D eigenvalue weighted by atomic mass is 35.5. The molecule has 2 aromatic carbocycles. The number of methoxy groups -OCH3 is 1. The fourth-order valence-corrected chi connectivity index (χ4v) is 4.24. The summed E-state index contributed by atoms with van der Waals surface area (Å²) in [5.41, 5.74) is 1.74. The first-order chi connectivity index (χ1) is 15.5. The summed E-state index contributed by atoms with van der Waals surface area (Å²) in [4.78, 5) is 39.3. The van der Waals surface area contributed by atoms with Gasteiger partial charge in [0.15, 0.2) is 0 Å². The van der Waals surface area contributed by atoms with Crippen LogP contribution in [-0.2, 0) is 9.59 Å². The third-order valence-electron chi connectivity index (χ3n) is 5.76. The summed E-state index contributed by atoms with van der Waals surface area (Å²) >= 11 is 6.21. The Balaban J connectivity index is 1.42. The van der Waals surface area contributed by atoms with Gasteiger partial charge in [-0.1, -0.05) is 30.9 Å². The summed E-state index contributed by atoms with van der Waals surface area (Å²) in [5, 5.41) is 5.68. The average molecular weight is 454 g/mol. The average Bonchev–Trinajstić information content (AvgIpc) is 3.03. The van der Waals surface area contributed by atoms with Crippen LogP contribution in [0.5, 0.6) is 5.75 Å². The van der Waals surface area contributed by atoms with Gasteiger partial charge in [-0.15, -0.1) is 0 Å². The summed E-state index contributed by atoms with van der Waals surface area (Å²) < 4.78 is 5.11. The molecule has 7 nitrogen and oxygen atoms in total. The molecule has 0 unspecified atom stereocenters. The molecule has 1 heterocycles. The maximum atomic E-state index is 12.9. The number of ether oxygens (including phenoxy) is 1. The maximum absolute atomic E-state index is 12.9. The van der Waals surface area contributed by atoms with Crippen LogP contribution in [0, 0.1) is 0 Å². The molecule has 1 fully saturated rings. The molecule has 2 aromatic rings. The van der Waals surface area contributed by atoms with Crippen molar-refractivity contribution in [3.63, 3.8) is 0 Å². The van der Waals surface area contributed by atoms with Crippen LogP contribution in [0.15, 0.2) is 59.3 Å². The second kappa shape index (κ2) is 9.44. The van der Waals surface area contributed by atoms with Crippen molar-refractivity contribution in [2.45, 2.75) is 38.1 Å². The summed E-state index contributed by atoms with van der Waals surface area (Å²) in [7, 11) is 1.58. The minimum absolute atomic E-state index is 0.0812. The van der Waals surface area contributed by atoms with Gasteiger partial charge >= 0.3 is 0 Å². The van der Waals surface area contributed by atoms with Crippen LogP contribution in [0.1, 0.15) is 42.5 Å². The van der Waals surface area contributed by atoms with E-state index in [2.05, 4.69) is 10.6 Å². The van der Waals surface area contributed by atoms with Crippen LogP contribution in [0.25, 0.3) is 0 Å². The van der Waals surface area contributed by atoms with Crippen molar-refractivity contribution in [2.24, 2.45) is 0 Å². The Hall–Kier alpha value is -3.32. The van der Waals surface area contributed by atoms with Crippen LogP contribution < -0.4 is 15.4 Å². The molecule has 1 aliphatic heterocycles. The Labute approximate surface area is 191 Å². The van der Waals surface area contributed by atoms with Gasteiger partial charge in [-0.2, -0.15) is 0 Å². The zero-order chi connectivity index (χ0) is 22.7. The Morgan fingerprint density at radius 2 is 1.56 bits per heavy atom. The molecule has 0 atom stereocenters. The fraction of sp³-hybridized carbons (Fsp3) is 0.292. The Morgan fingerprint density at radius 1 is 0.938 bits per heavy atom. The molecule has 1 aliphatic carbocycles. The first kappa shape index (κ1) is 21.9. The first-order valence-electron chi connectivity index (χ1n) is 10.6. The van der Waals surface area contributed by atoms with Gasteiger partial charge < -0.3 is 15.4 Å². The van der Waals surface area contributed by atoms with Crippen molar-refractivity contribution in [3.05, 3.63) is 64.8 Å². The summed E-state index contributed by atoms with van der Waals surface area (Å²) in [5.74, 6) is -0.405. The highest BCUT2D eigenvalue weighted by Gasteiger charge is 2.42. The second-order valence-electron chi connectivity index (χ2n) is 7.85. The largest absolute Gasteiger partial charge is 0.497 e. The Bertz CT molecular complexity index is 1060. The lowest BCUT2D eigenvalue weighted by atomic mass is 9.94. The van der Waals surface area contributed by atoms with Crippen molar-refractivity contribution in [1.29, 1.82) is 0 Å². The minimum atomic E-state index is -0.443. The number of hydrogen-bond donors (Lipinski definition) is 2. The van der Waals surface area contributed by atoms with Gasteiger partial charge in [0, 0.05) is 23.0 Å². The molecular weight excluding hydrogens is 430 g/mol. The van der Waals surface area contributed by atoms with Gasteiger partial charge in [0.2, 0.25) is 0 Å². The van der Waals surface area contributed by atoms with Crippen LogP contribution in [0.2, 0.25) is 0 Å². The zero-order valence-corrected chi connectivity index (χ0v) is 18.4. The van der Waals surface area contributed by atoms with Crippen molar-refractivity contribution in [3.8, 4) is 5.75 Å². The van der Waals surface area contributed by atoms with Gasteiger partial charge in [-0.25, -0.2) is 0 Å². The van der Waals surface area contributed by atoms with Crippen LogP contribution in [0.3, 0.4) is 0 Å². The predicted octanol–water partition coefficient (Wildman–Crippen LogP) is 4.51. The Morgan fingerprint density at radius 3 is 2.19 bits per heavy atom. The van der Waals surface area contributed by atoms with E-state index in [0.717, 1.165) is 32.1 Å². The van der Waals surface area contributed by atoms with Crippen LogP contribution in [-0.4, -0.2) is 35.8 Å². The van der Waals surface area contributed by atoms with E-state index in [4.69, 9.17) is 16.3 Å². The summed E-state index contributed by atoms with van der Waals surface area (Å²) in [6.07, 6.45) is 4.75. The van der Waals surface area contributed by atoms with Gasteiger partial charge in [-0.3, -0.25) is 19.3 Å². The number of carbonyl (C=O) groups is 3. The molecule has 0 saturated heterocycles. The van der Waals surface area contributed by atoms with E-state index in [0.29, 0.717) is 22.7 Å². The molecule has 0 aromatic heterocycles. The summed E-state index contributed by atoms with van der Waals surface area (Å²) in [6, 6.07) is 13.5. The molecule has 0 bridgehead atoms. The number of nitrogens with one attached hydrogen (secondary N) is 2. The van der Waals surface area contributed by atoms with E-state index >= 15 is 0 Å². The number of benzene rings is 2. The number of hydrogen-bond acceptors (Lipinski definition) is 5. The number of rotatable bonds is 6. The standard InChI is InChI=1S/C24H24ClN3O4/c1-32-19-13-11-17(12-14-19)27-22(29)15-7-9-16(10-8-15)26-21-20(25)23(30)28(24(21)31)18-5-3-2-4-6-18/h7-14,18,26H,2-6H2,1H3,(H,27,29). The molecule has 4 rings (SSSR count). The fourth-order valence-electron chi connectivity index (χ4n) is 4.03. The highest BCUT2D eigenvalue weighted by Crippen LogP contribution is 2.32. The number of imide groups is 1. The Kier molecular flexibility index (Phi) is 6.46. The lowest BCUT2D eigenvalue weighted by Crippen LogP contribution is -2.42. The third kappa shape index (κ3) is 4.48. The third-order valence-corrected chi connectivity index (χ3v) is 6.11. The van der Waals surface area contributed by atoms with Crippen molar-refractivity contribution < 1.29 is 19.1 Å². The number of amides is 3. The molecule has 1 saturated carbocycles. The second-order valence-corrected chi connectivity index (χ2v) is 8.22. The number of nitrogens with zero attached hydrogens (tertiary/aromatic N) is 1. The number of halogens is 1. The van der Waals surface area contributed by atoms with Gasteiger partial charge in [0.1, 0.15) is 16.5 Å². The SMILES string of the molecule is COc1ccc(NC(=O)c2ccc(NC3=C(Cl)C(=O)N(C4CCCCC4)C3=O)cc2)cc1. The van der Waals surface area contributed by atoms with E-state index in [1.165, 1.54) is 4.90 Å². The zero-order valence-electron chi connectivity index (χ0n) is 17.7. The minimum Gasteiger partial charge on any atom is -0.497 e. The van der Waals surface area contributed by atoms with Gasteiger partial charge in [0.25, 0.3) is 17.7 Å². The topological polar surface area (TPSA) is 87.7 Å². The smallest absolute Gasteiger partial charge is 0.279 e. The molecule has 8 heteroatoms. The van der Waals surface area contributed by atoms with Crippen LogP contribution >= 0.6 is 11.6 Å². The van der Waals surface area contributed by atoms with E-state index in [9.17, 15) is 14.4 Å². The normalized spacial score (nSPS) is 17.0. The van der Waals surface area contributed by atoms with Crippen LogP contribution in [0.4, 0.5) is 11.4 Å². The van der Waals surface area contributed by atoms with Crippen molar-refractivity contribution in [2.75, 3.05) is 17.7 Å². The highest BCUT2D eigenvalue weighted by molar-refractivity contribution is 6.48. The number of anilines is 2. The van der Waals surface area contributed by atoms with Gasteiger partial charge in [0.05, 0.1) is 7.11 Å². The van der Waals surface area contributed by atoms with E-state index in [1.807, 2.05) is 0 Å².